The highest BCUT2D eigenvalue weighted by Crippen LogP contribution is 2.21. The van der Waals surface area contributed by atoms with Crippen LogP contribution in [0.25, 0.3) is 0 Å². The summed E-state index contributed by atoms with van der Waals surface area (Å²) >= 11 is 0. The van der Waals surface area contributed by atoms with Gasteiger partial charge in [-0.05, 0) is 62.1 Å². The Morgan fingerprint density at radius 1 is 1.09 bits per heavy atom. The maximum Gasteiger partial charge on any atom is 0.254 e. The molecule has 2 aromatic carbocycles. The third-order valence-electron chi connectivity index (χ3n) is 5.78. The maximum absolute atomic E-state index is 13.1. The number of rotatable bonds is 8. The smallest absolute Gasteiger partial charge is 0.254 e. The van der Waals surface area contributed by atoms with Crippen LogP contribution in [0, 0.1) is 12.3 Å². The van der Waals surface area contributed by atoms with Crippen molar-refractivity contribution in [2.45, 2.75) is 39.2 Å². The van der Waals surface area contributed by atoms with Crippen LogP contribution in [0.15, 0.2) is 42.5 Å². The molecule has 5 N–H and O–H groups in total. The lowest BCUT2D eigenvalue weighted by Gasteiger charge is -2.20. The number of benzene rings is 2. The number of nitrogen functional groups attached to an aromatic ring is 1. The molecule has 0 aromatic heterocycles. The Morgan fingerprint density at radius 3 is 2.41 bits per heavy atom. The highest BCUT2D eigenvalue weighted by atomic mass is 35.5. The predicted octanol–water partition coefficient (Wildman–Crippen LogP) is 2.93. The van der Waals surface area contributed by atoms with Gasteiger partial charge < -0.3 is 21.3 Å². The molecule has 0 bridgehead atoms. The lowest BCUT2D eigenvalue weighted by atomic mass is 9.99. The fraction of sp³-hybridized carbons (Fsp3) is 0.360. The van der Waals surface area contributed by atoms with Crippen LogP contribution in [-0.2, 0) is 4.79 Å². The van der Waals surface area contributed by atoms with E-state index in [0.29, 0.717) is 28.8 Å². The molecule has 3 rings (SSSR count). The first-order chi connectivity index (χ1) is 15.8. The van der Waals surface area contributed by atoms with Gasteiger partial charge in [0.1, 0.15) is 5.84 Å². The van der Waals surface area contributed by atoms with E-state index in [1.165, 1.54) is 0 Å². The van der Waals surface area contributed by atoms with Crippen LogP contribution in [0.3, 0.4) is 0 Å². The van der Waals surface area contributed by atoms with E-state index in [1.54, 1.807) is 42.5 Å². The normalized spacial score (nSPS) is 13.5. The van der Waals surface area contributed by atoms with Crippen molar-refractivity contribution in [3.8, 4) is 0 Å². The Balaban J connectivity index is 0.00000408. The summed E-state index contributed by atoms with van der Waals surface area (Å²) in [6, 6.07) is 11.4. The summed E-state index contributed by atoms with van der Waals surface area (Å²) in [6.45, 7) is 5.67. The molecule has 0 spiro atoms. The van der Waals surface area contributed by atoms with Gasteiger partial charge in [0.2, 0.25) is 5.91 Å². The van der Waals surface area contributed by atoms with Crippen molar-refractivity contribution in [3.05, 3.63) is 70.3 Å². The third kappa shape index (κ3) is 6.57. The molecule has 182 valence electrons. The van der Waals surface area contributed by atoms with Crippen molar-refractivity contribution in [3.63, 3.8) is 0 Å². The first-order valence-electron chi connectivity index (χ1n) is 11.2. The lowest BCUT2D eigenvalue weighted by Crippen LogP contribution is -2.34. The number of hydrogen-bond acceptors (Lipinski definition) is 4. The Hall–Kier alpha value is -3.39. The van der Waals surface area contributed by atoms with Crippen molar-refractivity contribution in [1.29, 1.82) is 5.41 Å². The van der Waals surface area contributed by atoms with E-state index >= 15 is 0 Å². The number of carbonyl (C=O) groups is 3. The van der Waals surface area contributed by atoms with E-state index in [1.807, 2.05) is 18.7 Å². The average molecular weight is 486 g/mol. The van der Waals surface area contributed by atoms with Crippen LogP contribution < -0.4 is 16.4 Å². The molecule has 8 nitrogen and oxygen atoms in total. The van der Waals surface area contributed by atoms with Crippen molar-refractivity contribution in [2.24, 2.45) is 5.73 Å². The predicted molar refractivity (Wildman–Crippen MR) is 135 cm³/mol. The van der Waals surface area contributed by atoms with Crippen LogP contribution in [0.1, 0.15) is 69.6 Å². The molecule has 3 amide bonds. The first kappa shape index (κ1) is 26.9. The zero-order valence-corrected chi connectivity index (χ0v) is 20.3. The number of likely N-dealkylation sites (tertiary alicyclic amines) is 1. The average Bonchev–Trinajstić information content (AvgIpc) is 3.33. The van der Waals surface area contributed by atoms with Gasteiger partial charge >= 0.3 is 0 Å². The standard InChI is InChI=1S/C25H31N5O3.ClH/c1-3-28-22(31)15-21(17-7-6-8-18(14-17)23(26)27)29-24(32)19-9-10-20(16(2)13-19)25(33)30-11-4-5-12-30;/h6-10,13-14,21H,3-5,11-12,15H2,1-2H3,(H3,26,27)(H,28,31)(H,29,32);1H. The van der Waals surface area contributed by atoms with Gasteiger partial charge in [-0.25, -0.2) is 0 Å². The van der Waals surface area contributed by atoms with Crippen LogP contribution in [-0.4, -0.2) is 48.1 Å². The molecular formula is C25H32ClN5O3. The van der Waals surface area contributed by atoms with E-state index in [0.717, 1.165) is 31.5 Å². The summed E-state index contributed by atoms with van der Waals surface area (Å²) in [5.74, 6) is -0.638. The second-order valence-corrected chi connectivity index (χ2v) is 8.25. The number of halogens is 1. The van der Waals surface area contributed by atoms with E-state index in [2.05, 4.69) is 10.6 Å². The monoisotopic (exact) mass is 485 g/mol. The van der Waals surface area contributed by atoms with Crippen molar-refractivity contribution in [1.82, 2.24) is 15.5 Å². The quantitative estimate of drug-likeness (QED) is 0.338. The Kier molecular flexibility index (Phi) is 9.62. The molecule has 9 heteroatoms. The van der Waals surface area contributed by atoms with Gasteiger partial charge in [0.15, 0.2) is 0 Å². The molecule has 1 saturated heterocycles. The number of aryl methyl sites for hydroxylation is 1. The Labute approximate surface area is 206 Å². The summed E-state index contributed by atoms with van der Waals surface area (Å²) < 4.78 is 0. The number of nitrogens with two attached hydrogens (primary N) is 1. The van der Waals surface area contributed by atoms with Crippen LogP contribution in [0.4, 0.5) is 0 Å². The molecular weight excluding hydrogens is 454 g/mol. The van der Waals surface area contributed by atoms with Gasteiger partial charge in [-0.2, -0.15) is 0 Å². The molecule has 34 heavy (non-hydrogen) atoms. The number of amidine groups is 1. The SMILES string of the molecule is CCNC(=O)CC(NC(=O)c1ccc(C(=O)N2CCCC2)c(C)c1)c1cccc(C(=N)N)c1.Cl. The Bertz CT molecular complexity index is 1070. The third-order valence-corrected chi connectivity index (χ3v) is 5.78. The molecule has 1 aliphatic heterocycles. The molecule has 0 aliphatic carbocycles. The summed E-state index contributed by atoms with van der Waals surface area (Å²) in [7, 11) is 0. The van der Waals surface area contributed by atoms with Gasteiger partial charge in [-0.1, -0.05) is 18.2 Å². The molecule has 1 fully saturated rings. The minimum absolute atomic E-state index is 0. The molecule has 2 aromatic rings. The van der Waals surface area contributed by atoms with E-state index in [9.17, 15) is 14.4 Å². The maximum atomic E-state index is 13.1. The second-order valence-electron chi connectivity index (χ2n) is 8.25. The van der Waals surface area contributed by atoms with Gasteiger partial charge in [-0.15, -0.1) is 12.4 Å². The van der Waals surface area contributed by atoms with Crippen LogP contribution in [0.2, 0.25) is 0 Å². The first-order valence-corrected chi connectivity index (χ1v) is 11.2. The molecule has 1 atom stereocenters. The number of nitrogens with zero attached hydrogens (tertiary/aromatic N) is 1. The summed E-state index contributed by atoms with van der Waals surface area (Å²) in [5, 5.41) is 13.4. The minimum atomic E-state index is -0.602. The van der Waals surface area contributed by atoms with E-state index in [-0.39, 0.29) is 42.4 Å². The number of hydrogen-bond donors (Lipinski definition) is 4. The topological polar surface area (TPSA) is 128 Å². The second kappa shape index (κ2) is 12.2. The molecule has 0 saturated carbocycles. The molecule has 0 radical (unpaired) electrons. The van der Waals surface area contributed by atoms with Gasteiger partial charge in [0.25, 0.3) is 11.8 Å². The molecule has 1 aliphatic rings. The fourth-order valence-corrected chi connectivity index (χ4v) is 4.01. The number of carbonyl (C=O) groups excluding carboxylic acids is 3. The largest absolute Gasteiger partial charge is 0.384 e. The van der Waals surface area contributed by atoms with Gasteiger partial charge in [0, 0.05) is 36.3 Å². The van der Waals surface area contributed by atoms with Gasteiger partial charge in [-0.3, -0.25) is 19.8 Å². The van der Waals surface area contributed by atoms with Gasteiger partial charge in [0.05, 0.1) is 12.5 Å². The lowest BCUT2D eigenvalue weighted by molar-refractivity contribution is -0.121. The zero-order chi connectivity index (χ0) is 24.0. The van der Waals surface area contributed by atoms with Crippen molar-refractivity contribution in [2.75, 3.05) is 19.6 Å². The van der Waals surface area contributed by atoms with Crippen LogP contribution in [0.5, 0.6) is 0 Å². The minimum Gasteiger partial charge on any atom is -0.384 e. The number of nitrogens with one attached hydrogen (secondary N) is 3. The van der Waals surface area contributed by atoms with E-state index in [4.69, 9.17) is 11.1 Å². The van der Waals surface area contributed by atoms with E-state index < -0.39 is 6.04 Å². The summed E-state index contributed by atoms with van der Waals surface area (Å²) in [4.78, 5) is 39.9. The summed E-state index contributed by atoms with van der Waals surface area (Å²) in [6.07, 6.45) is 2.08. The zero-order valence-electron chi connectivity index (χ0n) is 19.5. The highest BCUT2D eigenvalue weighted by Gasteiger charge is 2.23. The van der Waals surface area contributed by atoms with Crippen molar-refractivity contribution < 1.29 is 14.4 Å². The van der Waals surface area contributed by atoms with Crippen molar-refractivity contribution >= 4 is 36.0 Å². The number of amides is 3. The Morgan fingerprint density at radius 2 is 1.79 bits per heavy atom. The molecule has 1 heterocycles. The molecule has 1 unspecified atom stereocenters. The highest BCUT2D eigenvalue weighted by molar-refractivity contribution is 5.99. The summed E-state index contributed by atoms with van der Waals surface area (Å²) in [5.41, 5.74) is 8.55. The fourth-order valence-electron chi connectivity index (χ4n) is 4.01. The van der Waals surface area contributed by atoms with Crippen LogP contribution >= 0.6 is 12.4 Å².